The van der Waals surface area contributed by atoms with Crippen LogP contribution in [0.3, 0.4) is 0 Å². The lowest BCUT2D eigenvalue weighted by atomic mass is 9.94. The Morgan fingerprint density at radius 3 is 2.06 bits per heavy atom. The van der Waals surface area contributed by atoms with Crippen LogP contribution in [0, 0.1) is 27.9 Å². The number of imide groups is 1. The van der Waals surface area contributed by atoms with Crippen LogP contribution >= 0.6 is 0 Å². The summed E-state index contributed by atoms with van der Waals surface area (Å²) < 4.78 is 16.3. The number of carbonyl (C=O) groups is 5. The average molecular weight is 665 g/mol. The number of ether oxygens (including phenoxy) is 3. The van der Waals surface area contributed by atoms with E-state index in [1.165, 1.54) is 24.1 Å². The smallest absolute Gasteiger partial charge is 0.308 e. The number of nitro groups is 1. The van der Waals surface area contributed by atoms with Crippen molar-refractivity contribution < 1.29 is 43.1 Å². The molecule has 0 spiro atoms. The molecular formula is C33H52N4O10. The van der Waals surface area contributed by atoms with Crippen LogP contribution in [0.1, 0.15) is 98.2 Å². The number of amides is 4. The molecule has 0 radical (unpaired) electrons. The molecule has 2 unspecified atom stereocenters. The third-order valence-corrected chi connectivity index (χ3v) is 7.67. The fourth-order valence-electron chi connectivity index (χ4n) is 4.30. The summed E-state index contributed by atoms with van der Waals surface area (Å²) in [5, 5.41) is 17.2. The molecule has 0 aromatic heterocycles. The van der Waals surface area contributed by atoms with Crippen molar-refractivity contribution in [2.75, 3.05) is 33.4 Å². The van der Waals surface area contributed by atoms with Crippen LogP contribution in [-0.4, -0.2) is 73.3 Å². The summed E-state index contributed by atoms with van der Waals surface area (Å²) in [6.45, 7) is 11.9. The molecule has 1 aromatic carbocycles. The highest BCUT2D eigenvalue weighted by atomic mass is 16.6. The van der Waals surface area contributed by atoms with Crippen molar-refractivity contribution in [2.45, 2.75) is 92.6 Å². The maximum Gasteiger partial charge on any atom is 0.308 e. The predicted molar refractivity (Wildman–Crippen MR) is 175 cm³/mol. The number of unbranched alkanes of at least 4 members (excludes halogenated alkanes) is 2. The van der Waals surface area contributed by atoms with E-state index in [0.717, 1.165) is 0 Å². The van der Waals surface area contributed by atoms with Gasteiger partial charge in [0, 0.05) is 38.9 Å². The summed E-state index contributed by atoms with van der Waals surface area (Å²) >= 11 is 0. The van der Waals surface area contributed by atoms with E-state index >= 15 is 0 Å². The minimum absolute atomic E-state index is 0.0880. The van der Waals surface area contributed by atoms with Crippen molar-refractivity contribution in [1.82, 2.24) is 15.5 Å². The molecule has 0 bridgehead atoms. The fourth-order valence-corrected chi connectivity index (χ4v) is 4.30. The Kier molecular flexibility index (Phi) is 18.7. The largest absolute Gasteiger partial charge is 0.493 e. The number of methoxy groups -OCH3 is 1. The number of nitrogens with one attached hydrogen (secondary N) is 2. The van der Waals surface area contributed by atoms with Crippen molar-refractivity contribution in [2.24, 2.45) is 17.8 Å². The van der Waals surface area contributed by atoms with E-state index in [1.807, 2.05) is 20.8 Å². The van der Waals surface area contributed by atoms with Gasteiger partial charge >= 0.3 is 5.97 Å². The van der Waals surface area contributed by atoms with Crippen LogP contribution in [0.5, 0.6) is 11.5 Å². The minimum atomic E-state index is -0.881. The molecule has 264 valence electrons. The van der Waals surface area contributed by atoms with Crippen molar-refractivity contribution in [3.8, 4) is 11.5 Å². The van der Waals surface area contributed by atoms with Gasteiger partial charge in [-0.3, -0.25) is 39.0 Å². The Bertz CT molecular complexity index is 1200. The van der Waals surface area contributed by atoms with Crippen LogP contribution in [0.4, 0.5) is 5.69 Å². The van der Waals surface area contributed by atoms with Crippen molar-refractivity contribution in [1.29, 1.82) is 0 Å². The van der Waals surface area contributed by atoms with Gasteiger partial charge in [0.05, 0.1) is 36.2 Å². The average Bonchev–Trinajstić information content (AvgIpc) is 3.02. The highest BCUT2D eigenvalue weighted by Crippen LogP contribution is 2.38. The summed E-state index contributed by atoms with van der Waals surface area (Å²) in [6, 6.07) is 2.62. The molecule has 14 heteroatoms. The monoisotopic (exact) mass is 664 g/mol. The lowest BCUT2D eigenvalue weighted by Gasteiger charge is -2.20. The lowest BCUT2D eigenvalue weighted by Crippen LogP contribution is -2.34. The number of rotatable bonds is 23. The molecule has 0 aliphatic rings. The second-order valence-electron chi connectivity index (χ2n) is 12.1. The van der Waals surface area contributed by atoms with Crippen molar-refractivity contribution in [3.05, 3.63) is 27.8 Å². The van der Waals surface area contributed by atoms with Crippen LogP contribution in [0.2, 0.25) is 0 Å². The Labute approximate surface area is 277 Å². The van der Waals surface area contributed by atoms with Gasteiger partial charge < -0.3 is 24.8 Å². The number of esters is 1. The highest BCUT2D eigenvalue weighted by molar-refractivity contribution is 5.86. The van der Waals surface area contributed by atoms with Gasteiger partial charge in [-0.2, -0.15) is 0 Å². The Balaban J connectivity index is 2.36. The zero-order chi connectivity index (χ0) is 35.5. The van der Waals surface area contributed by atoms with E-state index in [1.54, 1.807) is 20.8 Å². The summed E-state index contributed by atoms with van der Waals surface area (Å²) in [4.78, 5) is 72.2. The van der Waals surface area contributed by atoms with Gasteiger partial charge in [0.2, 0.25) is 24.1 Å². The van der Waals surface area contributed by atoms with Gasteiger partial charge in [-0.25, -0.2) is 0 Å². The summed E-state index contributed by atoms with van der Waals surface area (Å²) in [5.41, 5.74) is -0.117. The number of benzene rings is 1. The van der Waals surface area contributed by atoms with E-state index in [0.29, 0.717) is 57.4 Å². The first-order valence-corrected chi connectivity index (χ1v) is 16.2. The first-order chi connectivity index (χ1) is 22.2. The normalized spacial score (nSPS) is 12.2. The number of nitrogens with zero attached hydrogens (tertiary/aromatic N) is 2. The van der Waals surface area contributed by atoms with Crippen LogP contribution in [-0.2, 0) is 28.7 Å². The quantitative estimate of drug-likeness (QED) is 0.0556. The van der Waals surface area contributed by atoms with Crippen LogP contribution in [0.25, 0.3) is 0 Å². The van der Waals surface area contributed by atoms with Crippen LogP contribution < -0.4 is 20.1 Å². The van der Waals surface area contributed by atoms with Crippen molar-refractivity contribution in [3.63, 3.8) is 0 Å². The first kappa shape index (κ1) is 40.8. The highest BCUT2D eigenvalue weighted by Gasteiger charge is 2.26. The van der Waals surface area contributed by atoms with E-state index in [2.05, 4.69) is 10.6 Å². The molecule has 0 aliphatic carbocycles. The molecule has 47 heavy (non-hydrogen) atoms. The zero-order valence-corrected chi connectivity index (χ0v) is 28.8. The van der Waals surface area contributed by atoms with Gasteiger partial charge in [0.25, 0.3) is 5.69 Å². The zero-order valence-electron chi connectivity index (χ0n) is 28.8. The number of nitro benzene ring substituents is 1. The van der Waals surface area contributed by atoms with Gasteiger partial charge in [-0.05, 0) is 44.1 Å². The van der Waals surface area contributed by atoms with Crippen LogP contribution in [0.15, 0.2) is 12.1 Å². The molecule has 0 fully saturated rings. The van der Waals surface area contributed by atoms with Gasteiger partial charge in [0.1, 0.15) is 6.10 Å². The molecule has 0 saturated carbocycles. The molecule has 1 rings (SSSR count). The fraction of sp³-hybridized carbons (Fsp3) is 0.667. The maximum absolute atomic E-state index is 12.3. The molecule has 0 saturated heterocycles. The molecule has 2 N–H and O–H groups in total. The third kappa shape index (κ3) is 15.3. The number of carbonyl (C=O) groups excluding carboxylic acids is 5. The molecule has 0 heterocycles. The first-order valence-electron chi connectivity index (χ1n) is 16.2. The summed E-state index contributed by atoms with van der Waals surface area (Å²) in [5.74, 6) is -0.549. The van der Waals surface area contributed by atoms with Crippen molar-refractivity contribution >= 4 is 35.8 Å². The third-order valence-electron chi connectivity index (χ3n) is 7.67. The van der Waals surface area contributed by atoms with E-state index in [4.69, 9.17) is 14.2 Å². The second kappa shape index (κ2) is 21.5. The number of hydrogen-bond acceptors (Lipinski definition) is 10. The summed E-state index contributed by atoms with van der Waals surface area (Å²) in [6.07, 6.45) is 2.71. The lowest BCUT2D eigenvalue weighted by molar-refractivity contribution is -0.386. The molecule has 0 aliphatic heterocycles. The summed E-state index contributed by atoms with van der Waals surface area (Å²) in [7, 11) is 1.39. The molecular weight excluding hydrogens is 612 g/mol. The SMILES string of the molecule is COc1cc(C(C)OC(=O)C(C)C)c([N+](=O)[O-])cc1OCCCC(=O)NCCNC(=O)CCCCCN(C=O)C(=O)CC(C)C(C)C. The molecule has 4 amide bonds. The Hall–Kier alpha value is -4.23. The standard InChI is InChI=1S/C33H52N4O10/c1-22(2)24(5)18-32(41)36(21-38)16-10-8-9-12-30(39)34-14-15-35-31(40)13-11-17-46-29-20-27(37(43)44)26(19-28(29)45-7)25(6)47-33(42)23(3)4/h19-25H,8-18H2,1-7H3,(H,34,39)(H,35,40). The molecule has 2 atom stereocenters. The minimum Gasteiger partial charge on any atom is -0.493 e. The van der Waals surface area contributed by atoms with E-state index in [9.17, 15) is 34.1 Å². The number of hydrogen-bond donors (Lipinski definition) is 2. The molecule has 1 aromatic rings. The van der Waals surface area contributed by atoms with E-state index in [-0.39, 0.29) is 72.5 Å². The van der Waals surface area contributed by atoms with Gasteiger partial charge in [0.15, 0.2) is 11.5 Å². The second-order valence-corrected chi connectivity index (χ2v) is 12.1. The maximum atomic E-state index is 12.3. The Morgan fingerprint density at radius 2 is 1.53 bits per heavy atom. The molecule has 14 nitrogen and oxygen atoms in total. The van der Waals surface area contributed by atoms with E-state index < -0.39 is 22.9 Å². The Morgan fingerprint density at radius 1 is 0.915 bits per heavy atom. The van der Waals surface area contributed by atoms with Gasteiger partial charge in [-0.1, -0.05) is 41.0 Å². The predicted octanol–water partition coefficient (Wildman–Crippen LogP) is 4.48. The topological polar surface area (TPSA) is 183 Å². The van der Waals surface area contributed by atoms with Gasteiger partial charge in [-0.15, -0.1) is 0 Å².